The minimum Gasteiger partial charge on any atom is -0.340 e. The topological polar surface area (TPSA) is 69.7 Å². The number of likely N-dealkylation sites (N-methyl/N-ethyl adjacent to an activating group) is 1. The van der Waals surface area contributed by atoms with Crippen molar-refractivity contribution >= 4 is 29.2 Å². The number of urea groups is 1. The van der Waals surface area contributed by atoms with Crippen LogP contribution in [0.5, 0.6) is 0 Å². The lowest BCUT2D eigenvalue weighted by Gasteiger charge is -2.31. The summed E-state index contributed by atoms with van der Waals surface area (Å²) in [6.07, 6.45) is 2.24. The van der Waals surface area contributed by atoms with Gasteiger partial charge in [-0.1, -0.05) is 12.1 Å². The lowest BCUT2D eigenvalue weighted by atomic mass is 9.80. The van der Waals surface area contributed by atoms with Crippen molar-refractivity contribution in [3.8, 4) is 0 Å². The van der Waals surface area contributed by atoms with Gasteiger partial charge >= 0.3 is 6.03 Å². The minimum atomic E-state index is -1.05. The zero-order valence-electron chi connectivity index (χ0n) is 15.4. The number of halogens is 1. The van der Waals surface area contributed by atoms with Crippen molar-refractivity contribution in [2.75, 3.05) is 13.6 Å². The van der Waals surface area contributed by atoms with Crippen LogP contribution >= 0.6 is 11.3 Å². The number of carbonyl (C=O) groups is 3. The van der Waals surface area contributed by atoms with Crippen LogP contribution in [-0.2, 0) is 28.1 Å². The van der Waals surface area contributed by atoms with Crippen molar-refractivity contribution in [2.45, 2.75) is 31.3 Å². The Bertz CT molecular complexity index is 960. The van der Waals surface area contributed by atoms with E-state index in [4.69, 9.17) is 0 Å². The standard InChI is InChI=1S/C20H20FN3O3S/c1-23(11-13-4-2-5-14(21)10-13)17(25)12-24-18(26)20(22-19(24)27)8-3-6-16-15(20)7-9-28-16/h2,4-5,7,9-10H,3,6,8,11-12H2,1H3,(H,22,27)/t20-/m1/s1. The number of hydrogen-bond donors (Lipinski definition) is 1. The predicted molar refractivity (Wildman–Crippen MR) is 102 cm³/mol. The second-order valence-electron chi connectivity index (χ2n) is 7.22. The summed E-state index contributed by atoms with van der Waals surface area (Å²) in [5.74, 6) is -1.13. The Kier molecular flexibility index (Phi) is 4.66. The van der Waals surface area contributed by atoms with Crippen molar-refractivity contribution < 1.29 is 18.8 Å². The molecule has 1 saturated heterocycles. The van der Waals surface area contributed by atoms with Gasteiger partial charge in [-0.2, -0.15) is 0 Å². The van der Waals surface area contributed by atoms with Crippen molar-refractivity contribution in [1.29, 1.82) is 0 Å². The highest BCUT2D eigenvalue weighted by Crippen LogP contribution is 2.42. The molecule has 1 aliphatic heterocycles. The van der Waals surface area contributed by atoms with E-state index in [2.05, 4.69) is 5.32 Å². The minimum absolute atomic E-state index is 0.195. The van der Waals surface area contributed by atoms with Crippen LogP contribution < -0.4 is 5.32 Å². The van der Waals surface area contributed by atoms with Crippen molar-refractivity contribution in [3.63, 3.8) is 0 Å². The van der Waals surface area contributed by atoms with Crippen molar-refractivity contribution in [2.24, 2.45) is 0 Å². The van der Waals surface area contributed by atoms with Crippen molar-refractivity contribution in [3.05, 3.63) is 57.5 Å². The number of aryl methyl sites for hydroxylation is 1. The number of rotatable bonds is 4. The highest BCUT2D eigenvalue weighted by Gasteiger charge is 2.54. The maximum absolute atomic E-state index is 13.3. The Morgan fingerprint density at radius 1 is 1.36 bits per heavy atom. The molecule has 4 amide bonds. The average molecular weight is 401 g/mol. The molecular weight excluding hydrogens is 381 g/mol. The van der Waals surface area contributed by atoms with E-state index in [9.17, 15) is 18.8 Å². The first-order chi connectivity index (χ1) is 13.4. The van der Waals surface area contributed by atoms with Crippen LogP contribution in [0.2, 0.25) is 0 Å². The van der Waals surface area contributed by atoms with Crippen LogP contribution in [0.1, 0.15) is 28.8 Å². The largest absolute Gasteiger partial charge is 0.340 e. The third-order valence-electron chi connectivity index (χ3n) is 5.36. The Hall–Kier alpha value is -2.74. The van der Waals surface area contributed by atoms with Gasteiger partial charge in [0.25, 0.3) is 5.91 Å². The summed E-state index contributed by atoms with van der Waals surface area (Å²) in [7, 11) is 1.57. The van der Waals surface area contributed by atoms with E-state index >= 15 is 0 Å². The molecule has 2 aromatic rings. The molecular formula is C20H20FN3O3S. The lowest BCUT2D eigenvalue weighted by molar-refractivity contribution is -0.139. The number of thiophene rings is 1. The summed E-state index contributed by atoms with van der Waals surface area (Å²) >= 11 is 1.58. The molecule has 0 saturated carbocycles. The maximum Gasteiger partial charge on any atom is 0.325 e. The Labute approximate surface area is 165 Å². The van der Waals surface area contributed by atoms with Crippen LogP contribution in [-0.4, -0.2) is 41.2 Å². The summed E-state index contributed by atoms with van der Waals surface area (Å²) in [6.45, 7) is -0.141. The molecule has 4 rings (SSSR count). The molecule has 8 heteroatoms. The fourth-order valence-corrected chi connectivity index (χ4v) is 4.94. The molecule has 0 bridgehead atoms. The zero-order valence-corrected chi connectivity index (χ0v) is 16.2. The van der Waals surface area contributed by atoms with Gasteiger partial charge in [-0.15, -0.1) is 11.3 Å². The van der Waals surface area contributed by atoms with Gasteiger partial charge in [0, 0.05) is 24.0 Å². The van der Waals surface area contributed by atoms with Crippen LogP contribution in [0.15, 0.2) is 35.7 Å². The Morgan fingerprint density at radius 2 is 2.18 bits per heavy atom. The quantitative estimate of drug-likeness (QED) is 0.801. The first kappa shape index (κ1) is 18.6. The fourth-order valence-electron chi connectivity index (χ4n) is 3.94. The summed E-state index contributed by atoms with van der Waals surface area (Å²) in [4.78, 5) is 41.8. The number of benzene rings is 1. The van der Waals surface area contributed by atoms with Gasteiger partial charge in [0.15, 0.2) is 0 Å². The van der Waals surface area contributed by atoms with Crippen LogP contribution in [0.25, 0.3) is 0 Å². The van der Waals surface area contributed by atoms with E-state index < -0.39 is 11.6 Å². The van der Waals surface area contributed by atoms with Crippen molar-refractivity contribution in [1.82, 2.24) is 15.1 Å². The molecule has 6 nitrogen and oxygen atoms in total. The van der Waals surface area contributed by atoms with Gasteiger partial charge in [0.05, 0.1) is 0 Å². The van der Waals surface area contributed by atoms with Gasteiger partial charge in [-0.3, -0.25) is 14.5 Å². The zero-order chi connectivity index (χ0) is 19.9. The molecule has 1 spiro atoms. The number of imide groups is 1. The van der Waals surface area contributed by atoms with Crippen LogP contribution in [0, 0.1) is 5.82 Å². The number of nitrogens with one attached hydrogen (secondary N) is 1. The monoisotopic (exact) mass is 401 g/mol. The molecule has 1 N–H and O–H groups in total. The molecule has 0 unspecified atom stereocenters. The second-order valence-corrected chi connectivity index (χ2v) is 8.22. The number of amides is 4. The first-order valence-electron chi connectivity index (χ1n) is 9.10. The average Bonchev–Trinajstić information content (AvgIpc) is 3.22. The maximum atomic E-state index is 13.3. The van der Waals surface area contributed by atoms with Gasteiger partial charge in [0.1, 0.15) is 17.9 Å². The smallest absolute Gasteiger partial charge is 0.325 e. The third kappa shape index (κ3) is 3.07. The highest BCUT2D eigenvalue weighted by atomic mass is 32.1. The highest BCUT2D eigenvalue weighted by molar-refractivity contribution is 7.10. The summed E-state index contributed by atoms with van der Waals surface area (Å²) in [5, 5.41) is 4.76. The van der Waals surface area contributed by atoms with E-state index in [0.29, 0.717) is 12.0 Å². The van der Waals surface area contributed by atoms with Gasteiger partial charge in [-0.25, -0.2) is 9.18 Å². The molecule has 1 aliphatic carbocycles. The fraction of sp³-hybridized carbons (Fsp3) is 0.350. The Balaban J connectivity index is 1.49. The second kappa shape index (κ2) is 7.01. The number of nitrogens with zero attached hydrogens (tertiary/aromatic N) is 2. The summed E-state index contributed by atoms with van der Waals surface area (Å²) in [5.41, 5.74) is 0.441. The van der Waals surface area contributed by atoms with E-state index in [-0.39, 0.29) is 30.7 Å². The molecule has 2 heterocycles. The summed E-state index contributed by atoms with van der Waals surface area (Å²) in [6, 6.07) is 7.32. The molecule has 1 atom stereocenters. The van der Waals surface area contributed by atoms with E-state index in [1.165, 1.54) is 17.0 Å². The first-order valence-corrected chi connectivity index (χ1v) is 9.98. The Morgan fingerprint density at radius 3 is 2.96 bits per heavy atom. The predicted octanol–water partition coefficient (Wildman–Crippen LogP) is 2.63. The lowest BCUT2D eigenvalue weighted by Crippen LogP contribution is -2.46. The van der Waals surface area contributed by atoms with Crippen LogP contribution in [0.4, 0.5) is 9.18 Å². The molecule has 0 radical (unpaired) electrons. The summed E-state index contributed by atoms with van der Waals surface area (Å²) < 4.78 is 13.3. The number of hydrogen-bond acceptors (Lipinski definition) is 4. The molecule has 1 aromatic carbocycles. The van der Waals surface area contributed by atoms with Crippen LogP contribution in [0.3, 0.4) is 0 Å². The molecule has 146 valence electrons. The van der Waals surface area contributed by atoms with Gasteiger partial charge in [0.2, 0.25) is 5.91 Å². The SMILES string of the molecule is CN(Cc1cccc(F)c1)C(=O)CN1C(=O)N[C@@]2(CCCc3sccc32)C1=O. The van der Waals surface area contributed by atoms with Gasteiger partial charge < -0.3 is 10.2 Å². The third-order valence-corrected chi connectivity index (χ3v) is 6.35. The van der Waals surface area contributed by atoms with E-state index in [1.807, 2.05) is 11.4 Å². The molecule has 28 heavy (non-hydrogen) atoms. The number of carbonyl (C=O) groups excluding carboxylic acids is 3. The van der Waals surface area contributed by atoms with E-state index in [0.717, 1.165) is 28.2 Å². The van der Waals surface area contributed by atoms with E-state index in [1.54, 1.807) is 30.5 Å². The number of fused-ring (bicyclic) bond motifs is 2. The molecule has 2 aliphatic rings. The van der Waals surface area contributed by atoms with Gasteiger partial charge in [-0.05, 0) is 48.4 Å². The normalized spacial score (nSPS) is 21.0. The molecule has 1 fully saturated rings. The molecule has 1 aromatic heterocycles.